The van der Waals surface area contributed by atoms with Gasteiger partial charge in [-0.3, -0.25) is 4.79 Å². The van der Waals surface area contributed by atoms with Gasteiger partial charge in [0.15, 0.2) is 0 Å². The van der Waals surface area contributed by atoms with Gasteiger partial charge in [0.05, 0.1) is 5.56 Å². The van der Waals surface area contributed by atoms with Crippen LogP contribution in [0.4, 0.5) is 0 Å². The molecule has 1 aromatic rings. The van der Waals surface area contributed by atoms with Gasteiger partial charge in [-0.1, -0.05) is 0 Å². The number of hydrogen-bond acceptors (Lipinski definition) is 2. The minimum Gasteiger partial charge on any atom is -0.466 e. The quantitative estimate of drug-likeness (QED) is 0.626. The van der Waals surface area contributed by atoms with Crippen molar-refractivity contribution in [3.8, 4) is 11.8 Å². The van der Waals surface area contributed by atoms with Gasteiger partial charge in [-0.25, -0.2) is 0 Å². The summed E-state index contributed by atoms with van der Waals surface area (Å²) in [6, 6.07) is 0. The van der Waals surface area contributed by atoms with E-state index in [9.17, 15) is 4.79 Å². The van der Waals surface area contributed by atoms with E-state index in [2.05, 4.69) is 17.2 Å². The van der Waals surface area contributed by atoms with Gasteiger partial charge in [-0.15, -0.1) is 11.8 Å². The zero-order chi connectivity index (χ0) is 12.1. The van der Waals surface area contributed by atoms with Crippen LogP contribution in [-0.4, -0.2) is 12.5 Å². The summed E-state index contributed by atoms with van der Waals surface area (Å²) in [5.74, 6) is 7.09. The van der Waals surface area contributed by atoms with Crippen molar-refractivity contribution in [3.63, 3.8) is 0 Å². The lowest BCUT2D eigenvalue weighted by molar-refractivity contribution is 0.0952. The van der Waals surface area contributed by atoms with Crippen LogP contribution in [0.1, 0.15) is 40.8 Å². The van der Waals surface area contributed by atoms with Gasteiger partial charge in [0.2, 0.25) is 0 Å². The molecule has 0 bridgehead atoms. The van der Waals surface area contributed by atoms with Gasteiger partial charge in [-0.05, 0) is 27.7 Å². The number of amides is 1. The molecule has 3 heteroatoms. The molecule has 0 aromatic carbocycles. The van der Waals surface area contributed by atoms with Gasteiger partial charge >= 0.3 is 0 Å². The van der Waals surface area contributed by atoms with E-state index in [-0.39, 0.29) is 5.91 Å². The van der Waals surface area contributed by atoms with Crippen LogP contribution in [0.2, 0.25) is 0 Å². The first-order valence-corrected chi connectivity index (χ1v) is 5.32. The molecule has 1 N–H and O–H groups in total. The number of nitrogens with one attached hydrogen (secondary N) is 1. The predicted octanol–water partition coefficient (Wildman–Crippen LogP) is 2.35. The molecular formula is C13H17NO2. The van der Waals surface area contributed by atoms with Crippen molar-refractivity contribution in [2.24, 2.45) is 0 Å². The SMILES string of the molecule is CC#CCCNC(=O)c1c(C)oc(C)c1C. The number of carbonyl (C=O) groups is 1. The zero-order valence-electron chi connectivity index (χ0n) is 10.2. The average molecular weight is 219 g/mol. The van der Waals surface area contributed by atoms with Gasteiger partial charge in [0.1, 0.15) is 11.5 Å². The molecule has 0 saturated heterocycles. The Morgan fingerprint density at radius 2 is 2.00 bits per heavy atom. The van der Waals surface area contributed by atoms with Crippen molar-refractivity contribution in [1.82, 2.24) is 5.32 Å². The lowest BCUT2D eigenvalue weighted by Gasteiger charge is -2.02. The van der Waals surface area contributed by atoms with Crippen LogP contribution in [0.15, 0.2) is 4.42 Å². The Kier molecular flexibility index (Phi) is 4.19. The van der Waals surface area contributed by atoms with Crippen molar-refractivity contribution in [1.29, 1.82) is 0 Å². The number of aryl methyl sites for hydroxylation is 2. The zero-order valence-corrected chi connectivity index (χ0v) is 10.2. The summed E-state index contributed by atoms with van der Waals surface area (Å²) in [6.07, 6.45) is 0.678. The molecule has 1 amide bonds. The second kappa shape index (κ2) is 5.41. The number of hydrogen-bond donors (Lipinski definition) is 1. The van der Waals surface area contributed by atoms with E-state index in [1.54, 1.807) is 13.8 Å². The maximum absolute atomic E-state index is 11.8. The summed E-state index contributed by atoms with van der Waals surface area (Å²) in [5.41, 5.74) is 1.57. The van der Waals surface area contributed by atoms with E-state index in [4.69, 9.17) is 4.42 Å². The molecule has 0 unspecified atom stereocenters. The largest absolute Gasteiger partial charge is 0.466 e. The highest BCUT2D eigenvalue weighted by Gasteiger charge is 2.17. The topological polar surface area (TPSA) is 42.2 Å². The summed E-state index contributed by atoms with van der Waals surface area (Å²) in [5, 5.41) is 2.83. The molecule has 0 spiro atoms. The van der Waals surface area contributed by atoms with Crippen LogP contribution in [-0.2, 0) is 0 Å². The fourth-order valence-corrected chi connectivity index (χ4v) is 1.58. The molecular weight excluding hydrogens is 202 g/mol. The highest BCUT2D eigenvalue weighted by Crippen LogP contribution is 2.20. The van der Waals surface area contributed by atoms with Gasteiger partial charge in [-0.2, -0.15) is 0 Å². The van der Waals surface area contributed by atoms with Crippen LogP contribution in [0.25, 0.3) is 0 Å². The van der Waals surface area contributed by atoms with Crippen molar-refractivity contribution in [3.05, 3.63) is 22.6 Å². The molecule has 86 valence electrons. The summed E-state index contributed by atoms with van der Waals surface area (Å²) in [7, 11) is 0. The lowest BCUT2D eigenvalue weighted by Crippen LogP contribution is -2.25. The van der Waals surface area contributed by atoms with Crippen LogP contribution in [0.3, 0.4) is 0 Å². The standard InChI is InChI=1S/C13H17NO2/c1-5-6-7-8-14-13(15)12-9(2)10(3)16-11(12)4/h7-8H2,1-4H3,(H,14,15). The highest BCUT2D eigenvalue weighted by molar-refractivity contribution is 5.96. The van der Waals surface area contributed by atoms with Crippen LogP contribution < -0.4 is 5.32 Å². The Morgan fingerprint density at radius 1 is 1.31 bits per heavy atom. The average Bonchev–Trinajstić information content (AvgIpc) is 2.48. The highest BCUT2D eigenvalue weighted by atomic mass is 16.3. The Balaban J connectivity index is 2.68. The van der Waals surface area contributed by atoms with Gasteiger partial charge in [0, 0.05) is 18.5 Å². The predicted molar refractivity (Wildman–Crippen MR) is 63.3 cm³/mol. The molecule has 0 aliphatic heterocycles. The van der Waals surface area contributed by atoms with Crippen molar-refractivity contribution in [2.75, 3.05) is 6.54 Å². The molecule has 0 radical (unpaired) electrons. The Morgan fingerprint density at radius 3 is 2.50 bits per heavy atom. The smallest absolute Gasteiger partial charge is 0.255 e. The molecule has 0 aliphatic carbocycles. The molecule has 1 aromatic heterocycles. The summed E-state index contributed by atoms with van der Waals surface area (Å²) >= 11 is 0. The van der Waals surface area contributed by atoms with Crippen molar-refractivity contribution < 1.29 is 9.21 Å². The molecule has 1 heterocycles. The second-order valence-electron chi connectivity index (χ2n) is 3.65. The summed E-state index contributed by atoms with van der Waals surface area (Å²) in [4.78, 5) is 11.8. The molecule has 0 atom stereocenters. The normalized spacial score (nSPS) is 9.50. The molecule has 3 nitrogen and oxygen atoms in total. The number of rotatable bonds is 3. The second-order valence-corrected chi connectivity index (χ2v) is 3.65. The lowest BCUT2D eigenvalue weighted by atomic mass is 10.1. The van der Waals surface area contributed by atoms with Gasteiger partial charge < -0.3 is 9.73 Å². The fraction of sp³-hybridized carbons (Fsp3) is 0.462. The van der Waals surface area contributed by atoms with E-state index in [1.807, 2.05) is 13.8 Å². The first kappa shape index (κ1) is 12.4. The third kappa shape index (κ3) is 2.66. The molecule has 0 fully saturated rings. The van der Waals surface area contributed by atoms with E-state index >= 15 is 0 Å². The fourth-order valence-electron chi connectivity index (χ4n) is 1.58. The minimum absolute atomic E-state index is 0.0789. The van der Waals surface area contributed by atoms with E-state index in [1.165, 1.54) is 0 Å². The molecule has 1 rings (SSSR count). The van der Waals surface area contributed by atoms with Crippen LogP contribution in [0, 0.1) is 32.6 Å². The first-order valence-electron chi connectivity index (χ1n) is 5.32. The number of furan rings is 1. The molecule has 0 saturated carbocycles. The Bertz CT molecular complexity index is 446. The van der Waals surface area contributed by atoms with E-state index in [0.717, 1.165) is 11.3 Å². The maximum atomic E-state index is 11.8. The van der Waals surface area contributed by atoms with E-state index in [0.29, 0.717) is 24.3 Å². The van der Waals surface area contributed by atoms with E-state index < -0.39 is 0 Å². The monoisotopic (exact) mass is 219 g/mol. The van der Waals surface area contributed by atoms with Crippen LogP contribution >= 0.6 is 0 Å². The van der Waals surface area contributed by atoms with Crippen molar-refractivity contribution in [2.45, 2.75) is 34.1 Å². The third-order valence-electron chi connectivity index (χ3n) is 2.50. The Labute approximate surface area is 96.2 Å². The number of carbonyl (C=O) groups excluding carboxylic acids is 1. The minimum atomic E-state index is -0.0789. The maximum Gasteiger partial charge on any atom is 0.255 e. The molecule has 16 heavy (non-hydrogen) atoms. The summed E-state index contributed by atoms with van der Waals surface area (Å²) < 4.78 is 5.41. The van der Waals surface area contributed by atoms with Gasteiger partial charge in [0.25, 0.3) is 5.91 Å². The van der Waals surface area contributed by atoms with Crippen LogP contribution in [0.5, 0.6) is 0 Å². The first-order chi connectivity index (χ1) is 7.57. The third-order valence-corrected chi connectivity index (χ3v) is 2.50. The Hall–Kier alpha value is -1.69. The summed E-state index contributed by atoms with van der Waals surface area (Å²) in [6.45, 7) is 7.92. The van der Waals surface area contributed by atoms with Crippen molar-refractivity contribution >= 4 is 5.91 Å². The molecule has 0 aliphatic rings.